The van der Waals surface area contributed by atoms with Gasteiger partial charge in [0.1, 0.15) is 5.75 Å². The van der Waals surface area contributed by atoms with E-state index in [-0.39, 0.29) is 18.1 Å². The fourth-order valence-electron chi connectivity index (χ4n) is 7.00. The Morgan fingerprint density at radius 1 is 1.00 bits per heavy atom. The third-order valence-corrected chi connectivity index (χ3v) is 8.81. The molecule has 5 heterocycles. The lowest BCUT2D eigenvalue weighted by Crippen LogP contribution is -2.76. The first-order valence-electron chi connectivity index (χ1n) is 12.6. The van der Waals surface area contributed by atoms with E-state index in [1.807, 2.05) is 6.92 Å². The number of hydrogen-bond donors (Lipinski definition) is 0. The SMILES string of the molecule is C[C@@H]1CCC2[C@@H](C)[C@@H](Oc3ccc(CN4CCCCC4)cc3)O[C@@H]3O[C@]4(C)CC1[C@@]23OO4. The smallest absolute Gasteiger partial charge is 0.205 e. The normalized spacial score (nSPS) is 46.0. The molecule has 1 spiro atoms. The summed E-state index contributed by atoms with van der Waals surface area (Å²) in [7, 11) is 0. The van der Waals surface area contributed by atoms with Crippen molar-refractivity contribution in [3.05, 3.63) is 29.8 Å². The van der Waals surface area contributed by atoms with E-state index < -0.39 is 17.7 Å². The van der Waals surface area contributed by atoms with Gasteiger partial charge >= 0.3 is 0 Å². The second kappa shape index (κ2) is 7.95. The predicted molar refractivity (Wildman–Crippen MR) is 118 cm³/mol. The first-order chi connectivity index (χ1) is 15.5. The highest BCUT2D eigenvalue weighted by molar-refractivity contribution is 5.27. The number of piperidine rings is 1. The molecule has 8 atom stereocenters. The van der Waals surface area contributed by atoms with E-state index in [1.165, 1.54) is 44.3 Å². The molecule has 1 saturated carbocycles. The van der Waals surface area contributed by atoms with Crippen molar-refractivity contribution in [1.82, 2.24) is 4.90 Å². The van der Waals surface area contributed by atoms with Crippen LogP contribution in [0.25, 0.3) is 0 Å². The molecule has 6 fully saturated rings. The van der Waals surface area contributed by atoms with E-state index in [0.717, 1.165) is 25.1 Å². The zero-order valence-electron chi connectivity index (χ0n) is 19.6. The monoisotopic (exact) mass is 443 g/mol. The van der Waals surface area contributed by atoms with Crippen LogP contribution in [0.15, 0.2) is 24.3 Å². The number of likely N-dealkylation sites (tertiary alicyclic amines) is 1. The number of benzene rings is 1. The molecule has 0 radical (unpaired) electrons. The van der Waals surface area contributed by atoms with Crippen LogP contribution >= 0.6 is 0 Å². The maximum Gasteiger partial charge on any atom is 0.205 e. The average Bonchev–Trinajstić information content (AvgIpc) is 2.80. The van der Waals surface area contributed by atoms with Gasteiger partial charge in [0.2, 0.25) is 12.1 Å². The highest BCUT2D eigenvalue weighted by Gasteiger charge is 2.72. The highest BCUT2D eigenvalue weighted by atomic mass is 17.3. The molecule has 6 heteroatoms. The summed E-state index contributed by atoms with van der Waals surface area (Å²) in [6.45, 7) is 9.96. The lowest BCUT2D eigenvalue weighted by Gasteiger charge is -2.66. The molecular weight excluding hydrogens is 406 g/mol. The van der Waals surface area contributed by atoms with Crippen molar-refractivity contribution in [2.24, 2.45) is 23.7 Å². The molecule has 1 aromatic rings. The lowest BCUT2D eigenvalue weighted by molar-refractivity contribution is -0.614. The number of fused-ring (bicyclic) bond motifs is 1. The van der Waals surface area contributed by atoms with Crippen LogP contribution in [-0.2, 0) is 25.8 Å². The van der Waals surface area contributed by atoms with Crippen molar-refractivity contribution >= 4 is 0 Å². The molecule has 1 aromatic carbocycles. The number of ether oxygens (including phenoxy) is 3. The van der Waals surface area contributed by atoms with Gasteiger partial charge in [0.25, 0.3) is 0 Å². The summed E-state index contributed by atoms with van der Waals surface area (Å²) in [6, 6.07) is 8.54. The summed E-state index contributed by atoms with van der Waals surface area (Å²) in [5.74, 6) is 1.54. The Bertz CT molecular complexity index is 826. The Kier molecular flexibility index (Phi) is 5.31. The van der Waals surface area contributed by atoms with Gasteiger partial charge < -0.3 is 14.2 Å². The van der Waals surface area contributed by atoms with Gasteiger partial charge in [0.15, 0.2) is 11.9 Å². The zero-order valence-corrected chi connectivity index (χ0v) is 19.6. The first-order valence-corrected chi connectivity index (χ1v) is 12.6. The summed E-state index contributed by atoms with van der Waals surface area (Å²) < 4.78 is 19.2. The van der Waals surface area contributed by atoms with Gasteiger partial charge in [-0.25, -0.2) is 9.78 Å². The fourth-order valence-corrected chi connectivity index (χ4v) is 7.00. The van der Waals surface area contributed by atoms with Gasteiger partial charge in [-0.1, -0.05) is 32.4 Å². The minimum atomic E-state index is -0.742. The van der Waals surface area contributed by atoms with E-state index in [2.05, 4.69) is 43.0 Å². The van der Waals surface area contributed by atoms with Crippen LogP contribution in [0.4, 0.5) is 0 Å². The predicted octanol–water partition coefficient (Wildman–Crippen LogP) is 4.87. The van der Waals surface area contributed by atoms with Crippen molar-refractivity contribution in [2.75, 3.05) is 13.1 Å². The van der Waals surface area contributed by atoms with Crippen LogP contribution in [0.2, 0.25) is 0 Å². The summed E-state index contributed by atoms with van der Waals surface area (Å²) in [6.07, 6.45) is 6.33. The molecule has 32 heavy (non-hydrogen) atoms. The highest BCUT2D eigenvalue weighted by Crippen LogP contribution is 2.62. The standard InChI is InChI=1S/C26H37NO5/c1-17-7-12-21-18(2)23(29-24-26(21)22(17)15-25(3,30-24)31-32-26)28-20-10-8-19(9-11-20)16-27-13-5-4-6-14-27/h8-11,17-18,21-24H,4-7,12-16H2,1-3H3/t17-,18-,21?,22?,23+,24-,25+,26+/m1/s1. The van der Waals surface area contributed by atoms with Gasteiger partial charge in [-0.3, -0.25) is 4.90 Å². The molecule has 2 unspecified atom stereocenters. The van der Waals surface area contributed by atoms with E-state index in [9.17, 15) is 0 Å². The molecule has 0 amide bonds. The molecular formula is C26H37NO5. The maximum absolute atomic E-state index is 6.48. The van der Waals surface area contributed by atoms with E-state index in [4.69, 9.17) is 24.0 Å². The summed E-state index contributed by atoms with van der Waals surface area (Å²) in [5, 5.41) is 0. The first kappa shape index (κ1) is 21.4. The van der Waals surface area contributed by atoms with Crippen molar-refractivity contribution < 1.29 is 24.0 Å². The van der Waals surface area contributed by atoms with Gasteiger partial charge in [0.05, 0.1) is 0 Å². The maximum atomic E-state index is 6.48. The Morgan fingerprint density at radius 2 is 1.78 bits per heavy atom. The fraction of sp³-hybridized carbons (Fsp3) is 0.769. The molecule has 5 aliphatic heterocycles. The van der Waals surface area contributed by atoms with Crippen molar-refractivity contribution in [1.29, 1.82) is 0 Å². The Labute approximate surface area is 191 Å². The second-order valence-corrected chi connectivity index (χ2v) is 11.0. The minimum Gasteiger partial charge on any atom is -0.465 e. The van der Waals surface area contributed by atoms with Crippen molar-refractivity contribution in [3.63, 3.8) is 0 Å². The Balaban J connectivity index is 1.18. The molecule has 0 N–H and O–H groups in total. The van der Waals surface area contributed by atoms with Crippen LogP contribution in [0.5, 0.6) is 5.75 Å². The second-order valence-electron chi connectivity index (χ2n) is 11.0. The number of rotatable bonds is 4. The van der Waals surface area contributed by atoms with Gasteiger partial charge in [-0.05, 0) is 69.3 Å². The topological polar surface area (TPSA) is 49.4 Å². The van der Waals surface area contributed by atoms with E-state index >= 15 is 0 Å². The molecule has 5 saturated heterocycles. The molecule has 6 nitrogen and oxygen atoms in total. The van der Waals surface area contributed by atoms with Crippen LogP contribution in [0.1, 0.15) is 64.9 Å². The van der Waals surface area contributed by atoms with Crippen molar-refractivity contribution in [3.8, 4) is 5.75 Å². The largest absolute Gasteiger partial charge is 0.465 e. The summed E-state index contributed by atoms with van der Waals surface area (Å²) >= 11 is 0. The third kappa shape index (κ3) is 3.41. The van der Waals surface area contributed by atoms with E-state index in [0.29, 0.717) is 11.8 Å². The summed E-state index contributed by atoms with van der Waals surface area (Å²) in [5.41, 5.74) is 0.818. The Morgan fingerprint density at radius 3 is 2.56 bits per heavy atom. The van der Waals surface area contributed by atoms with Crippen LogP contribution < -0.4 is 4.74 Å². The molecule has 176 valence electrons. The van der Waals surface area contributed by atoms with Crippen LogP contribution in [0, 0.1) is 23.7 Å². The lowest BCUT2D eigenvalue weighted by atomic mass is 9.56. The van der Waals surface area contributed by atoms with Crippen molar-refractivity contribution in [2.45, 2.75) is 89.8 Å². The minimum absolute atomic E-state index is 0.184. The van der Waals surface area contributed by atoms with Crippen LogP contribution in [0.3, 0.4) is 0 Å². The molecule has 7 rings (SSSR count). The number of nitrogens with zero attached hydrogens (tertiary/aromatic N) is 1. The molecule has 1 aliphatic carbocycles. The molecule has 0 aromatic heterocycles. The van der Waals surface area contributed by atoms with Gasteiger partial charge in [-0.15, -0.1) is 0 Å². The number of hydrogen-bond acceptors (Lipinski definition) is 6. The quantitative estimate of drug-likeness (QED) is 0.619. The Hall–Kier alpha value is -1.18. The molecule has 6 aliphatic rings. The van der Waals surface area contributed by atoms with E-state index in [1.54, 1.807) is 0 Å². The summed E-state index contributed by atoms with van der Waals surface area (Å²) in [4.78, 5) is 14.4. The average molecular weight is 444 g/mol. The van der Waals surface area contributed by atoms with Gasteiger partial charge in [0, 0.05) is 30.7 Å². The third-order valence-electron chi connectivity index (χ3n) is 8.81. The zero-order chi connectivity index (χ0) is 21.9. The van der Waals surface area contributed by atoms with Gasteiger partial charge in [-0.2, -0.15) is 0 Å². The molecule has 2 bridgehead atoms. The van der Waals surface area contributed by atoms with Crippen LogP contribution in [-0.4, -0.2) is 42.0 Å².